The SMILES string of the molecule is O=C(O)c1ccccc1-c1cc2occc2cc1C(=O)OCc1ccccc1. The van der Waals surface area contributed by atoms with Gasteiger partial charge in [0.2, 0.25) is 0 Å². The molecule has 0 saturated heterocycles. The molecule has 0 spiro atoms. The van der Waals surface area contributed by atoms with Crippen LogP contribution in [0.3, 0.4) is 0 Å². The molecule has 0 radical (unpaired) electrons. The molecule has 0 atom stereocenters. The summed E-state index contributed by atoms with van der Waals surface area (Å²) in [6.45, 7) is 0.128. The molecule has 1 aromatic heterocycles. The molecular weight excluding hydrogens is 356 g/mol. The minimum absolute atomic E-state index is 0.102. The van der Waals surface area contributed by atoms with Crippen LogP contribution in [-0.2, 0) is 11.3 Å². The first-order chi connectivity index (χ1) is 13.6. The van der Waals surface area contributed by atoms with Crippen LogP contribution in [0, 0.1) is 0 Å². The second kappa shape index (κ2) is 7.40. The Balaban J connectivity index is 1.78. The van der Waals surface area contributed by atoms with Crippen LogP contribution in [0.5, 0.6) is 0 Å². The fourth-order valence-corrected chi connectivity index (χ4v) is 3.11. The van der Waals surface area contributed by atoms with Crippen molar-refractivity contribution in [3.63, 3.8) is 0 Å². The van der Waals surface area contributed by atoms with Gasteiger partial charge < -0.3 is 14.3 Å². The van der Waals surface area contributed by atoms with Crippen LogP contribution >= 0.6 is 0 Å². The van der Waals surface area contributed by atoms with Gasteiger partial charge in [0.05, 0.1) is 17.4 Å². The van der Waals surface area contributed by atoms with E-state index >= 15 is 0 Å². The lowest BCUT2D eigenvalue weighted by Gasteiger charge is -2.12. The molecule has 4 rings (SSSR count). The van der Waals surface area contributed by atoms with E-state index in [1.54, 1.807) is 36.4 Å². The van der Waals surface area contributed by atoms with Gasteiger partial charge in [0.15, 0.2) is 0 Å². The van der Waals surface area contributed by atoms with E-state index in [1.165, 1.54) is 12.3 Å². The van der Waals surface area contributed by atoms with Crippen molar-refractivity contribution in [3.8, 4) is 11.1 Å². The minimum atomic E-state index is -1.07. The van der Waals surface area contributed by atoms with Crippen molar-refractivity contribution >= 4 is 22.9 Å². The lowest BCUT2D eigenvalue weighted by atomic mass is 9.94. The summed E-state index contributed by atoms with van der Waals surface area (Å²) < 4.78 is 10.9. The zero-order chi connectivity index (χ0) is 19.5. The largest absolute Gasteiger partial charge is 0.478 e. The number of carbonyl (C=O) groups excluding carboxylic acids is 1. The van der Waals surface area contributed by atoms with Crippen molar-refractivity contribution in [2.24, 2.45) is 0 Å². The van der Waals surface area contributed by atoms with Crippen LogP contribution in [0.15, 0.2) is 83.5 Å². The van der Waals surface area contributed by atoms with Crippen molar-refractivity contribution in [1.29, 1.82) is 0 Å². The lowest BCUT2D eigenvalue weighted by molar-refractivity contribution is 0.0473. The molecule has 4 aromatic rings. The predicted molar refractivity (Wildman–Crippen MR) is 104 cm³/mol. The van der Waals surface area contributed by atoms with Crippen LogP contribution in [-0.4, -0.2) is 17.0 Å². The Labute approximate surface area is 160 Å². The Morgan fingerprint density at radius 2 is 1.61 bits per heavy atom. The number of rotatable bonds is 5. The first kappa shape index (κ1) is 17.5. The third-order valence-corrected chi connectivity index (χ3v) is 4.47. The van der Waals surface area contributed by atoms with Gasteiger partial charge in [-0.05, 0) is 35.4 Å². The van der Waals surface area contributed by atoms with Crippen molar-refractivity contribution < 1.29 is 23.8 Å². The summed E-state index contributed by atoms with van der Waals surface area (Å²) in [7, 11) is 0. The van der Waals surface area contributed by atoms with E-state index in [2.05, 4.69) is 0 Å². The zero-order valence-corrected chi connectivity index (χ0v) is 14.8. The highest BCUT2D eigenvalue weighted by atomic mass is 16.5. The Bertz CT molecular complexity index is 1160. The molecule has 0 saturated carbocycles. The lowest BCUT2D eigenvalue weighted by Crippen LogP contribution is -2.08. The standard InChI is InChI=1S/C23H16O5/c24-22(25)18-9-5-4-8-17(18)19-13-21-16(10-11-27-21)12-20(19)23(26)28-14-15-6-2-1-3-7-15/h1-13H,14H2,(H,24,25). The number of carbonyl (C=O) groups is 2. The third kappa shape index (κ3) is 3.38. The highest BCUT2D eigenvalue weighted by Gasteiger charge is 2.20. The summed E-state index contributed by atoms with van der Waals surface area (Å²) in [5.74, 6) is -1.60. The van der Waals surface area contributed by atoms with Crippen molar-refractivity contribution in [3.05, 3.63) is 95.7 Å². The van der Waals surface area contributed by atoms with E-state index in [1.807, 2.05) is 30.3 Å². The first-order valence-corrected chi connectivity index (χ1v) is 8.68. The number of esters is 1. The fraction of sp³-hybridized carbons (Fsp3) is 0.0435. The maximum absolute atomic E-state index is 12.9. The third-order valence-electron chi connectivity index (χ3n) is 4.47. The Kier molecular flexibility index (Phi) is 4.64. The van der Waals surface area contributed by atoms with Crippen molar-refractivity contribution in [1.82, 2.24) is 0 Å². The fourth-order valence-electron chi connectivity index (χ4n) is 3.11. The van der Waals surface area contributed by atoms with Crippen LogP contribution < -0.4 is 0 Å². The molecule has 0 amide bonds. The second-order valence-corrected chi connectivity index (χ2v) is 6.27. The smallest absolute Gasteiger partial charge is 0.339 e. The quantitative estimate of drug-likeness (QED) is 0.490. The summed E-state index contributed by atoms with van der Waals surface area (Å²) in [6, 6.07) is 21.0. The number of carboxylic acid groups (broad SMARTS) is 1. The zero-order valence-electron chi connectivity index (χ0n) is 14.8. The molecule has 5 nitrogen and oxygen atoms in total. The molecule has 0 bridgehead atoms. The maximum atomic E-state index is 12.9. The number of ether oxygens (including phenoxy) is 1. The topological polar surface area (TPSA) is 76.7 Å². The molecule has 28 heavy (non-hydrogen) atoms. The van der Waals surface area contributed by atoms with Gasteiger partial charge in [0.1, 0.15) is 12.2 Å². The van der Waals surface area contributed by atoms with Crippen molar-refractivity contribution in [2.45, 2.75) is 6.61 Å². The van der Waals surface area contributed by atoms with Gasteiger partial charge in [0.25, 0.3) is 0 Å². The molecule has 138 valence electrons. The highest BCUT2D eigenvalue weighted by molar-refractivity contribution is 6.05. The molecule has 5 heteroatoms. The van der Waals surface area contributed by atoms with E-state index in [9.17, 15) is 14.7 Å². The van der Waals surface area contributed by atoms with E-state index in [4.69, 9.17) is 9.15 Å². The monoisotopic (exact) mass is 372 g/mol. The molecule has 0 fully saturated rings. The number of carboxylic acids is 1. The van der Waals surface area contributed by atoms with Gasteiger partial charge in [-0.15, -0.1) is 0 Å². The van der Waals surface area contributed by atoms with E-state index in [0.29, 0.717) is 22.3 Å². The van der Waals surface area contributed by atoms with Gasteiger partial charge in [-0.2, -0.15) is 0 Å². The van der Waals surface area contributed by atoms with E-state index in [-0.39, 0.29) is 12.2 Å². The number of aromatic carboxylic acids is 1. The number of hydrogen-bond donors (Lipinski definition) is 1. The maximum Gasteiger partial charge on any atom is 0.339 e. The summed E-state index contributed by atoms with van der Waals surface area (Å²) in [5, 5.41) is 10.3. The summed E-state index contributed by atoms with van der Waals surface area (Å²) in [6.07, 6.45) is 1.52. The molecule has 0 aliphatic carbocycles. The average molecular weight is 372 g/mol. The molecule has 0 aliphatic rings. The van der Waals surface area contributed by atoms with Crippen LogP contribution in [0.2, 0.25) is 0 Å². The number of fused-ring (bicyclic) bond motifs is 1. The van der Waals surface area contributed by atoms with Gasteiger partial charge >= 0.3 is 11.9 Å². The van der Waals surface area contributed by atoms with Gasteiger partial charge in [-0.1, -0.05) is 48.5 Å². The number of benzene rings is 3. The Hall–Kier alpha value is -3.86. The average Bonchev–Trinajstić information content (AvgIpc) is 3.19. The molecule has 1 heterocycles. The molecule has 1 N–H and O–H groups in total. The Morgan fingerprint density at radius 1 is 0.857 bits per heavy atom. The highest BCUT2D eigenvalue weighted by Crippen LogP contribution is 2.32. The van der Waals surface area contributed by atoms with E-state index < -0.39 is 11.9 Å². The van der Waals surface area contributed by atoms with Gasteiger partial charge in [-0.25, -0.2) is 9.59 Å². The predicted octanol–water partition coefficient (Wildman–Crippen LogP) is 5.16. The summed E-state index contributed by atoms with van der Waals surface area (Å²) >= 11 is 0. The Morgan fingerprint density at radius 3 is 2.39 bits per heavy atom. The van der Waals surface area contributed by atoms with E-state index in [0.717, 1.165) is 10.9 Å². The molecule has 0 aliphatic heterocycles. The number of furan rings is 1. The molecular formula is C23H16O5. The van der Waals surface area contributed by atoms with Gasteiger partial charge in [-0.3, -0.25) is 0 Å². The second-order valence-electron chi connectivity index (χ2n) is 6.27. The normalized spacial score (nSPS) is 10.7. The van der Waals surface area contributed by atoms with Crippen LogP contribution in [0.25, 0.3) is 22.1 Å². The first-order valence-electron chi connectivity index (χ1n) is 8.68. The van der Waals surface area contributed by atoms with Crippen LogP contribution in [0.1, 0.15) is 26.3 Å². The molecule has 0 unspecified atom stereocenters. The van der Waals surface area contributed by atoms with Crippen LogP contribution in [0.4, 0.5) is 0 Å². The summed E-state index contributed by atoms with van der Waals surface area (Å²) in [4.78, 5) is 24.5. The number of hydrogen-bond acceptors (Lipinski definition) is 4. The van der Waals surface area contributed by atoms with Crippen molar-refractivity contribution in [2.75, 3.05) is 0 Å². The molecule has 3 aromatic carbocycles. The summed E-state index contributed by atoms with van der Waals surface area (Å²) in [5.41, 5.74) is 2.71. The minimum Gasteiger partial charge on any atom is -0.478 e. The van der Waals surface area contributed by atoms with Gasteiger partial charge in [0, 0.05) is 10.9 Å².